The van der Waals surface area contributed by atoms with Gasteiger partial charge in [-0.3, -0.25) is 0 Å². The Labute approximate surface area is 109 Å². The third-order valence-electron chi connectivity index (χ3n) is 4.38. The third kappa shape index (κ3) is 3.28. The van der Waals surface area contributed by atoms with E-state index in [9.17, 15) is 0 Å². The Morgan fingerprint density at radius 3 is 2.35 bits per heavy atom. The molecule has 0 unspecified atom stereocenters. The minimum Gasteiger partial charge on any atom is -0.445 e. The average molecular weight is 249 g/mol. The molecule has 0 atom stereocenters. The van der Waals surface area contributed by atoms with Gasteiger partial charge in [0.15, 0.2) is 0 Å². The van der Waals surface area contributed by atoms with Gasteiger partial charge in [-0.05, 0) is 17.3 Å². The predicted octanol–water partition coefficient (Wildman–Crippen LogP) is 4.71. The molecule has 0 N–H and O–H groups in total. The van der Waals surface area contributed by atoms with Crippen molar-refractivity contribution in [1.29, 1.82) is 0 Å². The molecular weight excluding hydrogens is 221 g/mol. The Kier molecular flexibility index (Phi) is 4.70. The number of rotatable bonds is 4. The fourth-order valence-corrected chi connectivity index (χ4v) is 4.45. The number of unbranched alkanes of at least 4 members (excludes halogenated alkanes) is 1. The molecule has 0 saturated carbocycles. The zero-order chi connectivity index (χ0) is 13.1. The third-order valence-corrected chi connectivity index (χ3v) is 9.83. The summed E-state index contributed by atoms with van der Waals surface area (Å²) in [6, 6.07) is 0. The van der Waals surface area contributed by atoms with Crippen molar-refractivity contribution < 1.29 is 0 Å². The molecule has 0 aromatic rings. The first-order valence-corrected chi connectivity index (χ1v) is 9.89. The second-order valence-electron chi connectivity index (χ2n) is 6.65. The molecule has 1 aliphatic rings. The molecule has 0 radical (unpaired) electrons. The van der Waals surface area contributed by atoms with E-state index in [4.69, 9.17) is 0 Å². The van der Waals surface area contributed by atoms with Crippen molar-refractivity contribution in [2.75, 3.05) is 0 Å². The Bertz CT molecular complexity index is 302. The highest BCUT2D eigenvalue weighted by molar-refractivity contribution is 6.87. The molecule has 1 rings (SSSR count). The Morgan fingerprint density at radius 2 is 1.82 bits per heavy atom. The summed E-state index contributed by atoms with van der Waals surface area (Å²) >= 11 is 0. The molecule has 0 aromatic heterocycles. The SMILES string of the molecule is CCCCB1C=CC=CN1[Si](C)(C)C(C)(C)C. The van der Waals surface area contributed by atoms with Gasteiger partial charge in [0.05, 0.1) is 0 Å². The van der Waals surface area contributed by atoms with Gasteiger partial charge in [0.25, 0.3) is 6.85 Å². The van der Waals surface area contributed by atoms with Crippen LogP contribution in [0.3, 0.4) is 0 Å². The monoisotopic (exact) mass is 249 g/mol. The average Bonchev–Trinajstić information content (AvgIpc) is 2.25. The molecule has 96 valence electrons. The van der Waals surface area contributed by atoms with Crippen molar-refractivity contribution in [2.45, 2.75) is 65.0 Å². The van der Waals surface area contributed by atoms with Crippen LogP contribution in [0.2, 0.25) is 24.5 Å². The van der Waals surface area contributed by atoms with Crippen LogP contribution in [0.25, 0.3) is 0 Å². The van der Waals surface area contributed by atoms with Crippen molar-refractivity contribution >= 4 is 15.1 Å². The highest BCUT2D eigenvalue weighted by Gasteiger charge is 2.42. The number of hydrogen-bond acceptors (Lipinski definition) is 1. The van der Waals surface area contributed by atoms with Crippen LogP contribution in [-0.4, -0.2) is 19.6 Å². The normalized spacial score (nSPS) is 16.8. The van der Waals surface area contributed by atoms with Crippen LogP contribution in [0.5, 0.6) is 0 Å². The van der Waals surface area contributed by atoms with Gasteiger partial charge in [-0.2, -0.15) is 0 Å². The molecule has 0 saturated heterocycles. The molecule has 0 aromatic carbocycles. The summed E-state index contributed by atoms with van der Waals surface area (Å²) in [6.07, 6.45) is 10.7. The minimum atomic E-state index is -1.42. The van der Waals surface area contributed by atoms with Gasteiger partial charge >= 0.3 is 0 Å². The van der Waals surface area contributed by atoms with E-state index < -0.39 is 8.24 Å². The quantitative estimate of drug-likeness (QED) is 0.652. The second kappa shape index (κ2) is 5.47. The minimum absolute atomic E-state index is 0.410. The summed E-state index contributed by atoms with van der Waals surface area (Å²) < 4.78 is 2.68. The smallest absolute Gasteiger partial charge is 0.272 e. The van der Waals surface area contributed by atoms with E-state index in [0.29, 0.717) is 11.9 Å². The lowest BCUT2D eigenvalue weighted by molar-refractivity contribution is 0.647. The molecule has 0 amide bonds. The van der Waals surface area contributed by atoms with E-state index in [1.807, 2.05) is 0 Å². The van der Waals surface area contributed by atoms with Gasteiger partial charge in [0, 0.05) is 0 Å². The largest absolute Gasteiger partial charge is 0.445 e. The van der Waals surface area contributed by atoms with Crippen molar-refractivity contribution in [1.82, 2.24) is 4.48 Å². The second-order valence-corrected chi connectivity index (χ2v) is 11.8. The molecule has 1 heterocycles. The zero-order valence-corrected chi connectivity index (χ0v) is 13.5. The Balaban J connectivity index is 2.86. The maximum absolute atomic E-state index is 2.68. The standard InChI is InChI=1S/C14H28BNSi/c1-7-8-11-15-12-9-10-13-16(15)17(5,6)14(2,3)4/h9-10,12-13H,7-8,11H2,1-6H3. The summed E-state index contributed by atoms with van der Waals surface area (Å²) in [5.74, 6) is 2.39. The molecule has 0 spiro atoms. The van der Waals surface area contributed by atoms with E-state index in [2.05, 4.69) is 69.6 Å². The van der Waals surface area contributed by atoms with Crippen molar-refractivity contribution in [3.8, 4) is 0 Å². The molecule has 1 nitrogen and oxygen atoms in total. The van der Waals surface area contributed by atoms with Gasteiger partial charge in [0.1, 0.15) is 8.24 Å². The van der Waals surface area contributed by atoms with E-state index >= 15 is 0 Å². The summed E-state index contributed by atoms with van der Waals surface area (Å²) in [6.45, 7) is 15.1. The molecule has 0 bridgehead atoms. The first-order valence-electron chi connectivity index (χ1n) is 6.94. The first-order chi connectivity index (χ1) is 7.80. The lowest BCUT2D eigenvalue weighted by Gasteiger charge is -2.49. The van der Waals surface area contributed by atoms with Crippen LogP contribution in [0, 0.1) is 0 Å². The molecule has 0 aliphatic carbocycles. The fourth-order valence-electron chi connectivity index (χ4n) is 2.17. The van der Waals surface area contributed by atoms with Gasteiger partial charge < -0.3 is 4.48 Å². The number of hydrogen-bond donors (Lipinski definition) is 0. The van der Waals surface area contributed by atoms with E-state index in [1.165, 1.54) is 19.2 Å². The Hall–Kier alpha value is -0.438. The van der Waals surface area contributed by atoms with Crippen LogP contribution < -0.4 is 0 Å². The summed E-state index contributed by atoms with van der Waals surface area (Å²) in [7, 11) is -1.42. The molecular formula is C14H28BNSi. The van der Waals surface area contributed by atoms with Crippen LogP contribution in [0.15, 0.2) is 24.3 Å². The van der Waals surface area contributed by atoms with Crippen molar-refractivity contribution in [2.24, 2.45) is 0 Å². The van der Waals surface area contributed by atoms with Gasteiger partial charge in [0.2, 0.25) is 0 Å². The highest BCUT2D eigenvalue weighted by Crippen LogP contribution is 2.40. The van der Waals surface area contributed by atoms with E-state index in [1.54, 1.807) is 0 Å². The zero-order valence-electron chi connectivity index (χ0n) is 12.5. The Morgan fingerprint density at radius 1 is 1.18 bits per heavy atom. The van der Waals surface area contributed by atoms with Crippen LogP contribution in [0.1, 0.15) is 40.5 Å². The van der Waals surface area contributed by atoms with Crippen LogP contribution >= 0.6 is 0 Å². The van der Waals surface area contributed by atoms with Crippen LogP contribution in [-0.2, 0) is 0 Å². The van der Waals surface area contributed by atoms with Gasteiger partial charge in [-0.1, -0.05) is 72.0 Å². The lowest BCUT2D eigenvalue weighted by atomic mass is 9.57. The molecule has 0 fully saturated rings. The summed E-state index contributed by atoms with van der Waals surface area (Å²) in [4.78, 5) is 0. The van der Waals surface area contributed by atoms with Gasteiger partial charge in [-0.15, -0.1) is 0 Å². The fraction of sp³-hybridized carbons (Fsp3) is 0.714. The molecule has 1 aliphatic heterocycles. The van der Waals surface area contributed by atoms with Gasteiger partial charge in [-0.25, -0.2) is 0 Å². The van der Waals surface area contributed by atoms with E-state index in [-0.39, 0.29) is 0 Å². The summed E-state index contributed by atoms with van der Waals surface area (Å²) in [5, 5.41) is 0.410. The summed E-state index contributed by atoms with van der Waals surface area (Å²) in [5.41, 5.74) is 0. The number of nitrogens with zero attached hydrogens (tertiary/aromatic N) is 1. The van der Waals surface area contributed by atoms with Crippen molar-refractivity contribution in [3.05, 3.63) is 24.3 Å². The maximum atomic E-state index is 2.68. The lowest BCUT2D eigenvalue weighted by Crippen LogP contribution is -2.58. The predicted molar refractivity (Wildman–Crippen MR) is 82.8 cm³/mol. The van der Waals surface area contributed by atoms with E-state index in [0.717, 1.165) is 0 Å². The maximum Gasteiger partial charge on any atom is 0.272 e. The highest BCUT2D eigenvalue weighted by atomic mass is 28.3. The molecule has 17 heavy (non-hydrogen) atoms. The topological polar surface area (TPSA) is 3.24 Å². The number of allylic oxidation sites excluding steroid dienone is 2. The first kappa shape index (κ1) is 14.6. The van der Waals surface area contributed by atoms with Crippen molar-refractivity contribution in [3.63, 3.8) is 0 Å². The molecule has 3 heteroatoms. The van der Waals surface area contributed by atoms with Crippen LogP contribution in [0.4, 0.5) is 0 Å².